The van der Waals surface area contributed by atoms with Crippen LogP contribution in [0.3, 0.4) is 0 Å². The van der Waals surface area contributed by atoms with E-state index in [0.717, 1.165) is 35.2 Å². The summed E-state index contributed by atoms with van der Waals surface area (Å²) in [5, 5.41) is 8.06. The average Bonchev–Trinajstić information content (AvgIpc) is 3.35. The van der Waals surface area contributed by atoms with Crippen LogP contribution in [0.5, 0.6) is 5.75 Å². The number of nitrogens with zero attached hydrogens (tertiary/aromatic N) is 2. The lowest BCUT2D eigenvalue weighted by molar-refractivity contribution is -0.122. The van der Waals surface area contributed by atoms with Crippen LogP contribution in [0, 0.1) is 0 Å². The highest BCUT2D eigenvalue weighted by Gasteiger charge is 2.37. The van der Waals surface area contributed by atoms with Crippen molar-refractivity contribution in [2.45, 2.75) is 75.5 Å². The van der Waals surface area contributed by atoms with Gasteiger partial charge in [-0.2, -0.15) is 4.31 Å². The van der Waals surface area contributed by atoms with Crippen molar-refractivity contribution in [1.29, 1.82) is 0 Å². The number of hydrogen-bond acceptors (Lipinski definition) is 6. The first-order valence-corrected chi connectivity index (χ1v) is 14.7. The molecule has 3 heterocycles. The number of aromatic nitrogens is 1. The lowest BCUT2D eigenvalue weighted by Gasteiger charge is -2.29. The number of carbonyl (C=O) groups is 1. The number of carbonyl (C=O) groups excluding carboxylic acids is 1. The summed E-state index contributed by atoms with van der Waals surface area (Å²) in [5.41, 5.74) is 2.10. The minimum atomic E-state index is -3.76. The van der Waals surface area contributed by atoms with E-state index < -0.39 is 10.0 Å². The average molecular weight is 537 g/mol. The Bertz CT molecular complexity index is 1430. The molecule has 0 spiro atoms. The van der Waals surface area contributed by atoms with Gasteiger partial charge in [0, 0.05) is 66.2 Å². The molecule has 5 rings (SSSR count). The van der Waals surface area contributed by atoms with Gasteiger partial charge in [0.15, 0.2) is 0 Å². The van der Waals surface area contributed by atoms with Crippen molar-refractivity contribution >= 4 is 26.7 Å². The van der Waals surface area contributed by atoms with Gasteiger partial charge < -0.3 is 15.4 Å². The summed E-state index contributed by atoms with van der Waals surface area (Å²) in [6, 6.07) is 12.6. The van der Waals surface area contributed by atoms with Gasteiger partial charge in [0.2, 0.25) is 15.9 Å². The fraction of sp³-hybridized carbons (Fsp3) is 0.448. The van der Waals surface area contributed by atoms with Crippen LogP contribution in [0.15, 0.2) is 59.8 Å². The van der Waals surface area contributed by atoms with Gasteiger partial charge in [0.25, 0.3) is 0 Å². The summed E-state index contributed by atoms with van der Waals surface area (Å²) in [4.78, 5) is 17.6. The molecule has 202 valence electrons. The van der Waals surface area contributed by atoms with Crippen LogP contribution >= 0.6 is 0 Å². The second-order valence-corrected chi connectivity index (χ2v) is 13.1. The number of nitrogens with one attached hydrogen (secondary N) is 2. The van der Waals surface area contributed by atoms with Crippen LogP contribution in [0.2, 0.25) is 0 Å². The first-order valence-electron chi connectivity index (χ1n) is 13.3. The van der Waals surface area contributed by atoms with Crippen LogP contribution in [-0.4, -0.2) is 48.3 Å². The third-order valence-electron chi connectivity index (χ3n) is 7.25. The van der Waals surface area contributed by atoms with Crippen molar-refractivity contribution in [2.24, 2.45) is 0 Å². The van der Waals surface area contributed by atoms with Crippen molar-refractivity contribution in [3.63, 3.8) is 0 Å². The Morgan fingerprint density at radius 2 is 2.00 bits per heavy atom. The molecule has 0 saturated carbocycles. The van der Waals surface area contributed by atoms with Crippen LogP contribution in [-0.2, 0) is 21.4 Å². The minimum absolute atomic E-state index is 0.0136. The van der Waals surface area contributed by atoms with Gasteiger partial charge in [-0.05, 0) is 57.4 Å². The zero-order valence-corrected chi connectivity index (χ0v) is 23.1. The molecular formula is C29H36N4O4S. The number of benzene rings is 2. The molecule has 1 aromatic heterocycles. The van der Waals surface area contributed by atoms with Crippen LogP contribution < -0.4 is 15.4 Å². The van der Waals surface area contributed by atoms with E-state index in [1.165, 1.54) is 4.31 Å². The van der Waals surface area contributed by atoms with Gasteiger partial charge >= 0.3 is 0 Å². The fourth-order valence-corrected chi connectivity index (χ4v) is 7.21. The summed E-state index contributed by atoms with van der Waals surface area (Å²) in [6.45, 7) is 8.05. The van der Waals surface area contributed by atoms with E-state index in [1.54, 1.807) is 30.6 Å². The second kappa shape index (κ2) is 10.6. The summed E-state index contributed by atoms with van der Waals surface area (Å²) < 4.78 is 34.8. The molecule has 9 heteroatoms. The molecule has 0 unspecified atom stereocenters. The molecule has 38 heavy (non-hydrogen) atoms. The number of amides is 1. The van der Waals surface area contributed by atoms with E-state index >= 15 is 0 Å². The van der Waals surface area contributed by atoms with Crippen LogP contribution in [0.1, 0.15) is 63.6 Å². The standard InChI is InChI=1S/C29H36N4O4S/c1-29(2,3)31-18-20-9-10-24-25(12-15-37-26(24)16-20)32-28(34)17-22-7-5-14-33(22)38(35,36)27-8-4-6-21-19-30-13-11-23(21)27/h4,6,8-11,13,16,19,22,25,31H,5,7,12,14-15,17-18H2,1-3H3,(H,32,34)/t22-,25+/m0/s1. The Balaban J connectivity index is 1.28. The lowest BCUT2D eigenvalue weighted by Crippen LogP contribution is -2.40. The SMILES string of the molecule is CC(C)(C)NCc1ccc2c(c1)OCC[C@H]2NC(=O)C[C@@H]1CCCN1S(=O)(=O)c1cccc2cnccc12. The number of pyridine rings is 1. The van der Waals surface area contributed by atoms with E-state index in [2.05, 4.69) is 42.5 Å². The molecule has 3 aromatic rings. The Morgan fingerprint density at radius 3 is 2.82 bits per heavy atom. The second-order valence-electron chi connectivity index (χ2n) is 11.2. The number of sulfonamides is 1. The molecule has 2 aliphatic rings. The molecule has 0 bridgehead atoms. The van der Waals surface area contributed by atoms with Crippen LogP contribution in [0.25, 0.3) is 10.8 Å². The van der Waals surface area contributed by atoms with Crippen molar-refractivity contribution in [1.82, 2.24) is 19.9 Å². The first-order chi connectivity index (χ1) is 18.1. The fourth-order valence-electron chi connectivity index (χ4n) is 5.30. The molecule has 0 radical (unpaired) electrons. The lowest BCUT2D eigenvalue weighted by atomic mass is 9.98. The summed E-state index contributed by atoms with van der Waals surface area (Å²) in [7, 11) is -3.76. The van der Waals surface area contributed by atoms with Gasteiger partial charge in [-0.3, -0.25) is 9.78 Å². The maximum atomic E-state index is 13.7. The maximum Gasteiger partial charge on any atom is 0.243 e. The third-order valence-corrected chi connectivity index (χ3v) is 9.26. The highest BCUT2D eigenvalue weighted by Crippen LogP contribution is 2.34. The molecule has 1 amide bonds. The molecule has 2 N–H and O–H groups in total. The van der Waals surface area contributed by atoms with Gasteiger partial charge in [-0.25, -0.2) is 8.42 Å². The summed E-state index contributed by atoms with van der Waals surface area (Å²) in [5.74, 6) is 0.654. The van der Waals surface area contributed by atoms with Crippen molar-refractivity contribution in [3.05, 3.63) is 66.0 Å². The molecule has 2 atom stereocenters. The Labute approximate surface area is 224 Å². The third kappa shape index (κ3) is 5.70. The monoisotopic (exact) mass is 536 g/mol. The van der Waals surface area contributed by atoms with Crippen molar-refractivity contribution in [2.75, 3.05) is 13.2 Å². The Kier molecular flexibility index (Phi) is 7.44. The summed E-state index contributed by atoms with van der Waals surface area (Å²) >= 11 is 0. The highest BCUT2D eigenvalue weighted by molar-refractivity contribution is 7.89. The van der Waals surface area contributed by atoms with Gasteiger partial charge in [-0.1, -0.05) is 24.3 Å². The molecular weight excluding hydrogens is 500 g/mol. The predicted octanol–water partition coefficient (Wildman–Crippen LogP) is 4.31. The zero-order valence-electron chi connectivity index (χ0n) is 22.2. The zero-order chi connectivity index (χ0) is 26.9. The van der Waals surface area contributed by atoms with E-state index in [1.807, 2.05) is 18.2 Å². The van der Waals surface area contributed by atoms with Gasteiger partial charge in [0.05, 0.1) is 17.5 Å². The van der Waals surface area contributed by atoms with Crippen LogP contribution in [0.4, 0.5) is 0 Å². The summed E-state index contributed by atoms with van der Waals surface area (Å²) in [6.07, 6.45) is 5.47. The molecule has 2 aliphatic heterocycles. The molecule has 0 aliphatic carbocycles. The van der Waals surface area contributed by atoms with Crippen molar-refractivity contribution in [3.8, 4) is 5.75 Å². The largest absolute Gasteiger partial charge is 0.493 e. The number of rotatable bonds is 7. The smallest absolute Gasteiger partial charge is 0.243 e. The minimum Gasteiger partial charge on any atom is -0.493 e. The Morgan fingerprint density at radius 1 is 1.16 bits per heavy atom. The van der Waals surface area contributed by atoms with Gasteiger partial charge in [-0.15, -0.1) is 0 Å². The number of fused-ring (bicyclic) bond motifs is 2. The topological polar surface area (TPSA) is 101 Å². The van der Waals surface area contributed by atoms with Crippen molar-refractivity contribution < 1.29 is 17.9 Å². The molecule has 2 aromatic carbocycles. The number of ether oxygens (including phenoxy) is 1. The van der Waals surface area contributed by atoms with E-state index in [-0.39, 0.29) is 34.8 Å². The quantitative estimate of drug-likeness (QED) is 0.467. The predicted molar refractivity (Wildman–Crippen MR) is 147 cm³/mol. The molecule has 1 saturated heterocycles. The van der Waals surface area contributed by atoms with E-state index in [9.17, 15) is 13.2 Å². The van der Waals surface area contributed by atoms with E-state index in [4.69, 9.17) is 4.74 Å². The highest BCUT2D eigenvalue weighted by atomic mass is 32.2. The molecule has 8 nitrogen and oxygen atoms in total. The Hall–Kier alpha value is -3.01. The maximum absolute atomic E-state index is 13.7. The normalized spacial score (nSPS) is 20.2. The van der Waals surface area contributed by atoms with E-state index in [0.29, 0.717) is 31.4 Å². The molecule has 1 fully saturated rings. The number of hydrogen-bond donors (Lipinski definition) is 2. The first kappa shape index (κ1) is 26.6. The van der Waals surface area contributed by atoms with Gasteiger partial charge in [0.1, 0.15) is 5.75 Å².